The van der Waals surface area contributed by atoms with Gasteiger partial charge in [-0.3, -0.25) is 9.59 Å². The van der Waals surface area contributed by atoms with Gasteiger partial charge in [-0.1, -0.05) is 25.5 Å². The average molecular weight is 352 g/mol. The van der Waals surface area contributed by atoms with Gasteiger partial charge in [0.05, 0.1) is 17.4 Å². The zero-order valence-corrected chi connectivity index (χ0v) is 15.7. The van der Waals surface area contributed by atoms with Gasteiger partial charge in [-0.25, -0.2) is 0 Å². The van der Waals surface area contributed by atoms with Crippen LogP contribution in [-0.2, 0) is 9.59 Å². The lowest BCUT2D eigenvalue weighted by Crippen LogP contribution is -2.53. The molecule has 0 bridgehead atoms. The molecule has 142 valence electrons. The van der Waals surface area contributed by atoms with Crippen molar-refractivity contribution in [3.63, 3.8) is 0 Å². The molecule has 25 heavy (non-hydrogen) atoms. The Labute approximate surface area is 150 Å². The number of carbonyl (C=O) groups is 2. The van der Waals surface area contributed by atoms with Crippen molar-refractivity contribution < 1.29 is 24.9 Å². The van der Waals surface area contributed by atoms with Crippen LogP contribution in [0.3, 0.4) is 0 Å². The Bertz CT molecular complexity index is 566. The number of carboxylic acids is 2. The lowest BCUT2D eigenvalue weighted by molar-refractivity contribution is -0.164. The van der Waals surface area contributed by atoms with Crippen molar-refractivity contribution in [2.24, 2.45) is 22.7 Å². The van der Waals surface area contributed by atoms with Gasteiger partial charge in [0.1, 0.15) is 0 Å². The highest BCUT2D eigenvalue weighted by Gasteiger charge is 2.57. The number of rotatable bonds is 6. The van der Waals surface area contributed by atoms with Gasteiger partial charge >= 0.3 is 11.9 Å². The SMILES string of the molecule is C=C1CCC2C(C)(C(=O)O)CCCC2(C)C1CCC(C)(O)CC(=O)O. The number of aliphatic hydroxyl groups is 1. The summed E-state index contributed by atoms with van der Waals surface area (Å²) in [4.78, 5) is 22.9. The molecule has 0 heterocycles. The number of allylic oxidation sites excluding steroid dienone is 1. The van der Waals surface area contributed by atoms with E-state index >= 15 is 0 Å². The Kier molecular flexibility index (Phi) is 5.39. The van der Waals surface area contributed by atoms with Crippen molar-refractivity contribution >= 4 is 11.9 Å². The van der Waals surface area contributed by atoms with Crippen molar-refractivity contribution in [2.75, 3.05) is 0 Å². The lowest BCUT2D eigenvalue weighted by atomic mass is 9.46. The second kappa shape index (κ2) is 6.75. The van der Waals surface area contributed by atoms with Crippen LogP contribution in [-0.4, -0.2) is 32.9 Å². The van der Waals surface area contributed by atoms with Gasteiger partial charge in [0, 0.05) is 0 Å². The summed E-state index contributed by atoms with van der Waals surface area (Å²) in [5.74, 6) is -1.50. The largest absolute Gasteiger partial charge is 0.481 e. The third-order valence-electron chi connectivity index (χ3n) is 7.01. The zero-order chi connectivity index (χ0) is 19.0. The fraction of sp³-hybridized carbons (Fsp3) is 0.800. The van der Waals surface area contributed by atoms with Crippen LogP contribution in [0.5, 0.6) is 0 Å². The van der Waals surface area contributed by atoms with Crippen molar-refractivity contribution in [3.05, 3.63) is 12.2 Å². The normalized spacial score (nSPS) is 37.8. The Morgan fingerprint density at radius 1 is 1.28 bits per heavy atom. The topological polar surface area (TPSA) is 94.8 Å². The van der Waals surface area contributed by atoms with Crippen molar-refractivity contribution in [1.82, 2.24) is 0 Å². The maximum atomic E-state index is 12.0. The first-order chi connectivity index (χ1) is 11.4. The third kappa shape index (κ3) is 3.76. The Morgan fingerprint density at radius 3 is 2.48 bits per heavy atom. The molecule has 5 heteroatoms. The number of hydrogen-bond donors (Lipinski definition) is 3. The number of carboxylic acid groups (broad SMARTS) is 2. The van der Waals surface area contributed by atoms with Crippen molar-refractivity contribution in [2.45, 2.75) is 77.7 Å². The molecule has 0 aromatic rings. The zero-order valence-electron chi connectivity index (χ0n) is 15.7. The molecule has 2 fully saturated rings. The number of fused-ring (bicyclic) bond motifs is 1. The minimum Gasteiger partial charge on any atom is -0.481 e. The molecular weight excluding hydrogens is 320 g/mol. The van der Waals surface area contributed by atoms with E-state index in [4.69, 9.17) is 5.11 Å². The molecule has 0 saturated heterocycles. The second-order valence-corrected chi connectivity index (χ2v) is 8.99. The molecule has 3 N–H and O–H groups in total. The van der Waals surface area contributed by atoms with Gasteiger partial charge in [-0.05, 0) is 69.6 Å². The van der Waals surface area contributed by atoms with Crippen molar-refractivity contribution in [1.29, 1.82) is 0 Å². The van der Waals surface area contributed by atoms with Crippen LogP contribution < -0.4 is 0 Å². The summed E-state index contributed by atoms with van der Waals surface area (Å²) in [6, 6.07) is 0. The summed E-state index contributed by atoms with van der Waals surface area (Å²) in [5.41, 5.74) is -0.991. The van der Waals surface area contributed by atoms with Crippen LogP contribution in [0.15, 0.2) is 12.2 Å². The summed E-state index contributed by atoms with van der Waals surface area (Å²) in [5, 5.41) is 29.2. The summed E-state index contributed by atoms with van der Waals surface area (Å²) in [6.07, 6.45) is 4.97. The highest BCUT2D eigenvalue weighted by atomic mass is 16.4. The quantitative estimate of drug-likeness (QED) is 0.631. The van der Waals surface area contributed by atoms with E-state index < -0.39 is 23.0 Å². The smallest absolute Gasteiger partial charge is 0.309 e. The van der Waals surface area contributed by atoms with Gasteiger partial charge < -0.3 is 15.3 Å². The predicted octanol–water partition coefficient (Wildman–Crippen LogP) is 3.86. The Hall–Kier alpha value is -1.36. The molecule has 2 aliphatic rings. The van der Waals surface area contributed by atoms with E-state index in [1.807, 2.05) is 6.92 Å². The van der Waals surface area contributed by atoms with E-state index in [-0.39, 0.29) is 23.7 Å². The van der Waals surface area contributed by atoms with Crippen LogP contribution in [0.1, 0.15) is 72.1 Å². The molecule has 0 spiro atoms. The molecule has 2 saturated carbocycles. The highest BCUT2D eigenvalue weighted by molar-refractivity contribution is 5.75. The van der Waals surface area contributed by atoms with E-state index in [9.17, 15) is 19.8 Å². The molecular formula is C20H32O5. The first-order valence-electron chi connectivity index (χ1n) is 9.28. The predicted molar refractivity (Wildman–Crippen MR) is 95.2 cm³/mol. The fourth-order valence-corrected chi connectivity index (χ4v) is 5.61. The van der Waals surface area contributed by atoms with Gasteiger partial charge in [-0.2, -0.15) is 0 Å². The first-order valence-corrected chi connectivity index (χ1v) is 9.28. The van der Waals surface area contributed by atoms with Gasteiger partial charge in [0.25, 0.3) is 0 Å². The maximum Gasteiger partial charge on any atom is 0.309 e. The molecule has 0 aromatic carbocycles. The van der Waals surface area contributed by atoms with E-state index in [2.05, 4.69) is 13.5 Å². The third-order valence-corrected chi connectivity index (χ3v) is 7.01. The molecule has 2 rings (SSSR count). The van der Waals surface area contributed by atoms with Gasteiger partial charge in [-0.15, -0.1) is 0 Å². The van der Waals surface area contributed by atoms with Crippen molar-refractivity contribution in [3.8, 4) is 0 Å². The molecule has 5 atom stereocenters. The summed E-state index contributed by atoms with van der Waals surface area (Å²) in [6.45, 7) is 9.86. The van der Waals surface area contributed by atoms with Crippen LogP contribution >= 0.6 is 0 Å². The minimum absolute atomic E-state index is 0.0890. The Morgan fingerprint density at radius 2 is 1.92 bits per heavy atom. The molecule has 0 radical (unpaired) electrons. The number of aliphatic carboxylic acids is 2. The summed E-state index contributed by atoms with van der Waals surface area (Å²) >= 11 is 0. The van der Waals surface area contributed by atoms with E-state index in [0.717, 1.165) is 31.3 Å². The van der Waals surface area contributed by atoms with Gasteiger partial charge in [0.2, 0.25) is 0 Å². The van der Waals surface area contributed by atoms with E-state index in [1.165, 1.54) is 0 Å². The fourth-order valence-electron chi connectivity index (χ4n) is 5.61. The molecule has 2 aliphatic carbocycles. The second-order valence-electron chi connectivity index (χ2n) is 8.99. The summed E-state index contributed by atoms with van der Waals surface area (Å²) < 4.78 is 0. The summed E-state index contributed by atoms with van der Waals surface area (Å²) in [7, 11) is 0. The van der Waals surface area contributed by atoms with E-state index in [1.54, 1.807) is 6.92 Å². The van der Waals surface area contributed by atoms with Crippen LogP contribution in [0.2, 0.25) is 0 Å². The lowest BCUT2D eigenvalue weighted by Gasteiger charge is -2.57. The minimum atomic E-state index is -1.25. The molecule has 0 aliphatic heterocycles. The highest BCUT2D eigenvalue weighted by Crippen LogP contribution is 2.62. The molecule has 5 unspecified atom stereocenters. The van der Waals surface area contributed by atoms with Crippen LogP contribution in [0.25, 0.3) is 0 Å². The standard InChI is InChI=1S/C20H32O5/c1-13-6-7-15-19(3,9-5-10-20(15,4)17(23)24)14(13)8-11-18(2,25)12-16(21)22/h14-15,25H,1,5-12H2,2-4H3,(H,21,22)(H,23,24). The Balaban J connectivity index is 2.23. The molecule has 0 amide bonds. The van der Waals surface area contributed by atoms with Gasteiger partial charge in [0.15, 0.2) is 0 Å². The number of hydrogen-bond acceptors (Lipinski definition) is 3. The average Bonchev–Trinajstić information content (AvgIpc) is 2.44. The molecule has 0 aromatic heterocycles. The van der Waals surface area contributed by atoms with Crippen LogP contribution in [0.4, 0.5) is 0 Å². The van der Waals surface area contributed by atoms with Crippen LogP contribution in [0, 0.1) is 22.7 Å². The monoisotopic (exact) mass is 352 g/mol. The first kappa shape index (κ1) is 20.0. The maximum absolute atomic E-state index is 12.0. The van der Waals surface area contributed by atoms with E-state index in [0.29, 0.717) is 19.3 Å². The molecule has 5 nitrogen and oxygen atoms in total.